The number of amides is 2. The van der Waals surface area contributed by atoms with Crippen molar-refractivity contribution in [2.24, 2.45) is 0 Å². The van der Waals surface area contributed by atoms with Gasteiger partial charge in [-0.25, -0.2) is 4.79 Å². The zero-order valence-corrected chi connectivity index (χ0v) is 11.6. The van der Waals surface area contributed by atoms with Crippen LogP contribution in [-0.4, -0.2) is 24.0 Å². The monoisotopic (exact) mass is 266 g/mol. The highest BCUT2D eigenvalue weighted by Crippen LogP contribution is 2.45. The molecule has 0 bridgehead atoms. The molecule has 1 fully saturated rings. The van der Waals surface area contributed by atoms with Crippen LogP contribution in [0.1, 0.15) is 32.3 Å². The second-order valence-corrected chi connectivity index (χ2v) is 5.13. The van der Waals surface area contributed by atoms with Crippen LogP contribution in [0.4, 0.5) is 4.79 Å². The van der Waals surface area contributed by atoms with E-state index in [2.05, 4.69) is 5.32 Å². The van der Waals surface area contributed by atoms with Gasteiger partial charge in [-0.2, -0.15) is 0 Å². The number of hydrogen-bond acceptors (Lipinski definition) is 1. The van der Waals surface area contributed by atoms with Crippen molar-refractivity contribution in [2.75, 3.05) is 13.1 Å². The van der Waals surface area contributed by atoms with Crippen molar-refractivity contribution in [3.8, 4) is 0 Å². The molecule has 2 rings (SSSR count). The molecule has 0 aromatic heterocycles. The van der Waals surface area contributed by atoms with Crippen molar-refractivity contribution in [1.29, 1.82) is 0 Å². The fraction of sp³-hybridized carbons (Fsp3) is 0.500. The molecule has 4 heteroatoms. The van der Waals surface area contributed by atoms with Crippen molar-refractivity contribution in [3.05, 3.63) is 34.9 Å². The van der Waals surface area contributed by atoms with Crippen LogP contribution in [0.3, 0.4) is 0 Å². The van der Waals surface area contributed by atoms with Crippen molar-refractivity contribution in [1.82, 2.24) is 10.2 Å². The highest BCUT2D eigenvalue weighted by atomic mass is 35.5. The maximum atomic E-state index is 12.1. The van der Waals surface area contributed by atoms with E-state index >= 15 is 0 Å². The van der Waals surface area contributed by atoms with Crippen LogP contribution in [0.25, 0.3) is 0 Å². The maximum absolute atomic E-state index is 12.1. The average Bonchev–Trinajstić information content (AvgIpc) is 3.12. The lowest BCUT2D eigenvalue weighted by Crippen LogP contribution is -2.44. The summed E-state index contributed by atoms with van der Waals surface area (Å²) < 4.78 is 0. The molecule has 98 valence electrons. The Hall–Kier alpha value is -1.22. The fourth-order valence-corrected chi connectivity index (χ4v) is 2.30. The number of halogens is 1. The van der Waals surface area contributed by atoms with Gasteiger partial charge in [0.2, 0.25) is 0 Å². The van der Waals surface area contributed by atoms with Crippen molar-refractivity contribution >= 4 is 17.6 Å². The first-order chi connectivity index (χ1) is 8.61. The number of carbonyl (C=O) groups is 1. The lowest BCUT2D eigenvalue weighted by Gasteiger charge is -2.24. The summed E-state index contributed by atoms with van der Waals surface area (Å²) in [5.41, 5.74) is 0.983. The number of carbonyl (C=O) groups excluding carboxylic acids is 1. The first-order valence-electron chi connectivity index (χ1n) is 6.44. The van der Waals surface area contributed by atoms with Gasteiger partial charge in [0.25, 0.3) is 0 Å². The third-order valence-corrected chi connectivity index (χ3v) is 3.80. The first kappa shape index (κ1) is 13.2. The van der Waals surface area contributed by atoms with E-state index in [0.29, 0.717) is 0 Å². The predicted octanol–water partition coefficient (Wildman–Crippen LogP) is 3.38. The van der Waals surface area contributed by atoms with E-state index in [9.17, 15) is 4.79 Å². The summed E-state index contributed by atoms with van der Waals surface area (Å²) in [6.45, 7) is 5.45. The summed E-state index contributed by atoms with van der Waals surface area (Å²) in [5.74, 6) is 0. The summed E-state index contributed by atoms with van der Waals surface area (Å²) in [4.78, 5) is 13.9. The van der Waals surface area contributed by atoms with E-state index in [0.717, 1.165) is 36.5 Å². The lowest BCUT2D eigenvalue weighted by atomic mass is 10.1. The Bertz CT molecular complexity index is 422. The van der Waals surface area contributed by atoms with Crippen LogP contribution in [0, 0.1) is 0 Å². The van der Waals surface area contributed by atoms with Gasteiger partial charge in [0.05, 0.1) is 5.54 Å². The molecule has 1 aromatic rings. The first-order valence-corrected chi connectivity index (χ1v) is 6.82. The minimum atomic E-state index is -0.162. The third kappa shape index (κ3) is 2.61. The highest BCUT2D eigenvalue weighted by Gasteiger charge is 2.46. The van der Waals surface area contributed by atoms with E-state index in [1.54, 1.807) is 4.90 Å². The molecule has 18 heavy (non-hydrogen) atoms. The Morgan fingerprint density at radius 1 is 1.28 bits per heavy atom. The molecule has 1 N–H and O–H groups in total. The highest BCUT2D eigenvalue weighted by molar-refractivity contribution is 6.30. The number of rotatable bonds is 4. The van der Waals surface area contributed by atoms with Gasteiger partial charge < -0.3 is 10.2 Å². The summed E-state index contributed by atoms with van der Waals surface area (Å²) in [6, 6.07) is 7.77. The van der Waals surface area contributed by atoms with Crippen LogP contribution in [0.2, 0.25) is 5.02 Å². The molecule has 0 aliphatic heterocycles. The van der Waals surface area contributed by atoms with E-state index in [1.165, 1.54) is 0 Å². The molecule has 2 amide bonds. The van der Waals surface area contributed by atoms with Gasteiger partial charge >= 0.3 is 6.03 Å². The Morgan fingerprint density at radius 2 is 1.83 bits per heavy atom. The SMILES string of the molecule is CCN(CC)C(=O)NC1(c2ccc(Cl)cc2)CC1. The number of nitrogens with one attached hydrogen (secondary N) is 1. The van der Waals surface area contributed by atoms with Gasteiger partial charge in [-0.1, -0.05) is 23.7 Å². The van der Waals surface area contributed by atoms with Crippen molar-refractivity contribution in [3.63, 3.8) is 0 Å². The third-order valence-electron chi connectivity index (χ3n) is 3.54. The molecule has 1 saturated carbocycles. The Labute approximate surface area is 113 Å². The quantitative estimate of drug-likeness (QED) is 0.890. The second-order valence-electron chi connectivity index (χ2n) is 4.69. The molecular formula is C14H19ClN2O. The van der Waals surface area contributed by atoms with E-state index in [4.69, 9.17) is 11.6 Å². The van der Waals surface area contributed by atoms with Gasteiger partial charge in [0.1, 0.15) is 0 Å². The van der Waals surface area contributed by atoms with Crippen LogP contribution in [-0.2, 0) is 5.54 Å². The molecule has 0 unspecified atom stereocenters. The summed E-state index contributed by atoms with van der Waals surface area (Å²) >= 11 is 5.89. The molecule has 0 heterocycles. The van der Waals surface area contributed by atoms with Crippen LogP contribution in [0.5, 0.6) is 0 Å². The van der Waals surface area contributed by atoms with Gasteiger partial charge in [-0.3, -0.25) is 0 Å². The number of hydrogen-bond donors (Lipinski definition) is 1. The number of urea groups is 1. The minimum absolute atomic E-state index is 0.0208. The Morgan fingerprint density at radius 3 is 2.28 bits per heavy atom. The smallest absolute Gasteiger partial charge is 0.318 e. The van der Waals surface area contributed by atoms with Crippen LogP contribution in [0.15, 0.2) is 24.3 Å². The molecule has 1 aliphatic rings. The molecule has 0 atom stereocenters. The molecular weight excluding hydrogens is 248 g/mol. The summed E-state index contributed by atoms with van der Waals surface area (Å²) in [5, 5.41) is 3.88. The zero-order chi connectivity index (χ0) is 13.2. The van der Waals surface area contributed by atoms with E-state index in [-0.39, 0.29) is 11.6 Å². The van der Waals surface area contributed by atoms with Crippen molar-refractivity contribution in [2.45, 2.75) is 32.2 Å². The summed E-state index contributed by atoms with van der Waals surface area (Å²) in [6.07, 6.45) is 2.00. The largest absolute Gasteiger partial charge is 0.328 e. The molecule has 1 aromatic carbocycles. The Kier molecular flexibility index (Phi) is 3.81. The second kappa shape index (κ2) is 5.19. The molecule has 3 nitrogen and oxygen atoms in total. The molecule has 0 spiro atoms. The number of benzene rings is 1. The zero-order valence-electron chi connectivity index (χ0n) is 10.9. The number of nitrogens with zero attached hydrogens (tertiary/aromatic N) is 1. The molecule has 0 saturated heterocycles. The fourth-order valence-electron chi connectivity index (χ4n) is 2.17. The van der Waals surface area contributed by atoms with Crippen LogP contribution < -0.4 is 5.32 Å². The molecule has 1 aliphatic carbocycles. The van der Waals surface area contributed by atoms with Crippen molar-refractivity contribution < 1.29 is 4.79 Å². The van der Waals surface area contributed by atoms with Gasteiger partial charge in [-0.15, -0.1) is 0 Å². The normalized spacial score (nSPS) is 16.2. The van der Waals surface area contributed by atoms with Gasteiger partial charge in [-0.05, 0) is 44.4 Å². The van der Waals surface area contributed by atoms with Crippen LogP contribution >= 0.6 is 11.6 Å². The van der Waals surface area contributed by atoms with Gasteiger partial charge in [0.15, 0.2) is 0 Å². The van der Waals surface area contributed by atoms with E-state index in [1.807, 2.05) is 38.1 Å². The van der Waals surface area contributed by atoms with Gasteiger partial charge in [0, 0.05) is 18.1 Å². The average molecular weight is 267 g/mol. The Balaban J connectivity index is 2.08. The summed E-state index contributed by atoms with van der Waals surface area (Å²) in [7, 11) is 0. The standard InChI is InChI=1S/C14H19ClN2O/c1-3-17(4-2)13(18)16-14(9-10-14)11-5-7-12(15)8-6-11/h5-8H,3-4,9-10H2,1-2H3,(H,16,18). The predicted molar refractivity (Wildman–Crippen MR) is 73.8 cm³/mol. The minimum Gasteiger partial charge on any atom is -0.328 e. The molecule has 0 radical (unpaired) electrons. The van der Waals surface area contributed by atoms with E-state index < -0.39 is 0 Å². The topological polar surface area (TPSA) is 32.3 Å². The maximum Gasteiger partial charge on any atom is 0.318 e. The lowest BCUT2D eigenvalue weighted by molar-refractivity contribution is 0.197.